The first-order chi connectivity index (χ1) is 14.9. The number of nitrogens with one attached hydrogen (secondary N) is 1. The molecule has 1 amide bonds. The molecule has 7 heteroatoms. The number of hydrogen-bond acceptors (Lipinski definition) is 5. The van der Waals surface area contributed by atoms with E-state index in [1.807, 2.05) is 62.4 Å². The number of amides is 1. The van der Waals surface area contributed by atoms with E-state index in [-0.39, 0.29) is 11.5 Å². The second kappa shape index (κ2) is 8.73. The first-order valence-electron chi connectivity index (χ1n) is 9.99. The summed E-state index contributed by atoms with van der Waals surface area (Å²) in [6, 6.07) is 15.4. The molecule has 6 nitrogen and oxygen atoms in total. The quantitative estimate of drug-likeness (QED) is 0.478. The fourth-order valence-corrected chi connectivity index (χ4v) is 4.36. The standard InChI is InChI=1S/C24H23N3O3S/c1-15-8-10-18(11-9-15)30-13-12-27-14-25-23-20(24(27)29)17(3)21(31-23)22(28)26-19-7-5-4-6-16(19)2/h4-11,14H,12-13H2,1-3H3,(H,26,28). The molecule has 0 fully saturated rings. The SMILES string of the molecule is Cc1ccc(OCCn2cnc3sc(C(=O)Nc4ccccc4C)c(C)c3c2=O)cc1. The van der Waals surface area contributed by atoms with Crippen molar-refractivity contribution in [2.75, 3.05) is 11.9 Å². The van der Waals surface area contributed by atoms with Crippen LogP contribution in [0.5, 0.6) is 5.75 Å². The highest BCUT2D eigenvalue weighted by molar-refractivity contribution is 7.20. The van der Waals surface area contributed by atoms with E-state index in [9.17, 15) is 9.59 Å². The lowest BCUT2D eigenvalue weighted by atomic mass is 10.2. The zero-order valence-electron chi connectivity index (χ0n) is 17.6. The van der Waals surface area contributed by atoms with Gasteiger partial charge in [0.1, 0.15) is 17.2 Å². The summed E-state index contributed by atoms with van der Waals surface area (Å²) < 4.78 is 7.26. The van der Waals surface area contributed by atoms with Gasteiger partial charge in [-0.25, -0.2) is 4.98 Å². The molecular weight excluding hydrogens is 410 g/mol. The van der Waals surface area contributed by atoms with Crippen LogP contribution in [0.1, 0.15) is 26.4 Å². The Balaban J connectivity index is 1.54. The number of carbonyl (C=O) groups is 1. The van der Waals surface area contributed by atoms with Crippen molar-refractivity contribution < 1.29 is 9.53 Å². The van der Waals surface area contributed by atoms with E-state index < -0.39 is 0 Å². The lowest BCUT2D eigenvalue weighted by Gasteiger charge is -2.08. The van der Waals surface area contributed by atoms with Crippen LogP contribution in [0.15, 0.2) is 59.7 Å². The number of aryl methyl sites for hydroxylation is 3. The molecule has 0 atom stereocenters. The van der Waals surface area contributed by atoms with Gasteiger partial charge in [-0.2, -0.15) is 0 Å². The Kier molecular flexibility index (Phi) is 5.86. The third-order valence-electron chi connectivity index (χ3n) is 5.14. The van der Waals surface area contributed by atoms with Gasteiger partial charge < -0.3 is 10.1 Å². The second-order valence-electron chi connectivity index (χ2n) is 7.41. The van der Waals surface area contributed by atoms with Gasteiger partial charge in [-0.3, -0.25) is 14.2 Å². The molecule has 0 saturated heterocycles. The lowest BCUT2D eigenvalue weighted by Crippen LogP contribution is -2.23. The van der Waals surface area contributed by atoms with E-state index in [1.54, 1.807) is 6.92 Å². The fraction of sp³-hybridized carbons (Fsp3) is 0.208. The van der Waals surface area contributed by atoms with Crippen LogP contribution in [0.2, 0.25) is 0 Å². The number of hydrogen-bond donors (Lipinski definition) is 1. The van der Waals surface area contributed by atoms with Gasteiger partial charge in [-0.05, 0) is 50.1 Å². The van der Waals surface area contributed by atoms with Crippen molar-refractivity contribution in [2.24, 2.45) is 0 Å². The van der Waals surface area contributed by atoms with Crippen molar-refractivity contribution in [3.8, 4) is 5.75 Å². The Labute approximate surface area is 184 Å². The zero-order chi connectivity index (χ0) is 22.0. The molecule has 31 heavy (non-hydrogen) atoms. The second-order valence-corrected chi connectivity index (χ2v) is 8.41. The summed E-state index contributed by atoms with van der Waals surface area (Å²) >= 11 is 1.23. The minimum atomic E-state index is -0.233. The van der Waals surface area contributed by atoms with Gasteiger partial charge in [0, 0.05) is 5.69 Å². The number of ether oxygens (including phenoxy) is 1. The molecule has 0 spiro atoms. The average molecular weight is 434 g/mol. The topological polar surface area (TPSA) is 73.2 Å². The van der Waals surface area contributed by atoms with Crippen LogP contribution >= 0.6 is 11.3 Å². The number of benzene rings is 2. The number of thiophene rings is 1. The molecule has 0 aliphatic carbocycles. The van der Waals surface area contributed by atoms with Gasteiger partial charge in [-0.15, -0.1) is 11.3 Å². The minimum Gasteiger partial charge on any atom is -0.492 e. The molecular formula is C24H23N3O3S. The van der Waals surface area contributed by atoms with E-state index in [4.69, 9.17) is 4.74 Å². The number of aromatic nitrogens is 2. The number of para-hydroxylation sites is 1. The van der Waals surface area contributed by atoms with Crippen LogP contribution in [0.4, 0.5) is 5.69 Å². The zero-order valence-corrected chi connectivity index (χ0v) is 18.5. The van der Waals surface area contributed by atoms with Gasteiger partial charge >= 0.3 is 0 Å². The summed E-state index contributed by atoms with van der Waals surface area (Å²) in [6.07, 6.45) is 1.52. The van der Waals surface area contributed by atoms with Gasteiger partial charge in [0.2, 0.25) is 0 Å². The number of carbonyl (C=O) groups excluding carboxylic acids is 1. The van der Waals surface area contributed by atoms with Crippen molar-refractivity contribution >= 4 is 33.1 Å². The van der Waals surface area contributed by atoms with Crippen molar-refractivity contribution in [1.29, 1.82) is 0 Å². The third kappa shape index (κ3) is 4.36. The predicted octanol–water partition coefficient (Wildman–Crippen LogP) is 4.71. The minimum absolute atomic E-state index is 0.166. The molecule has 158 valence electrons. The Morgan fingerprint density at radius 3 is 2.58 bits per heavy atom. The molecule has 2 aromatic carbocycles. The van der Waals surface area contributed by atoms with Gasteiger partial charge in [-0.1, -0.05) is 35.9 Å². The number of nitrogens with zero attached hydrogens (tertiary/aromatic N) is 2. The highest BCUT2D eigenvalue weighted by atomic mass is 32.1. The lowest BCUT2D eigenvalue weighted by molar-refractivity contribution is 0.103. The maximum absolute atomic E-state index is 13.0. The molecule has 2 heterocycles. The normalized spacial score (nSPS) is 10.9. The molecule has 4 aromatic rings. The Bertz CT molecular complexity index is 1310. The van der Waals surface area contributed by atoms with Gasteiger partial charge in [0.05, 0.1) is 23.1 Å². The number of fused-ring (bicyclic) bond motifs is 1. The van der Waals surface area contributed by atoms with Crippen molar-refractivity contribution in [3.05, 3.63) is 86.8 Å². The van der Waals surface area contributed by atoms with E-state index in [0.29, 0.717) is 33.8 Å². The van der Waals surface area contributed by atoms with Gasteiger partial charge in [0.15, 0.2) is 0 Å². The molecule has 0 radical (unpaired) electrons. The van der Waals surface area contributed by atoms with Crippen LogP contribution in [-0.4, -0.2) is 22.1 Å². The number of rotatable bonds is 6. The first-order valence-corrected chi connectivity index (χ1v) is 10.8. The van der Waals surface area contributed by atoms with Crippen molar-refractivity contribution in [3.63, 3.8) is 0 Å². The van der Waals surface area contributed by atoms with Crippen LogP contribution in [-0.2, 0) is 6.54 Å². The molecule has 0 unspecified atom stereocenters. The maximum atomic E-state index is 13.0. The van der Waals surface area contributed by atoms with E-state index >= 15 is 0 Å². The Hall–Kier alpha value is -3.45. The highest BCUT2D eigenvalue weighted by Gasteiger charge is 2.20. The predicted molar refractivity (Wildman–Crippen MR) is 124 cm³/mol. The van der Waals surface area contributed by atoms with Crippen LogP contribution < -0.4 is 15.6 Å². The molecule has 1 N–H and O–H groups in total. The van der Waals surface area contributed by atoms with E-state index in [1.165, 1.54) is 22.2 Å². The summed E-state index contributed by atoms with van der Waals surface area (Å²) in [5, 5.41) is 3.42. The summed E-state index contributed by atoms with van der Waals surface area (Å²) in [7, 11) is 0. The van der Waals surface area contributed by atoms with Crippen LogP contribution in [0.3, 0.4) is 0 Å². The monoisotopic (exact) mass is 433 g/mol. The maximum Gasteiger partial charge on any atom is 0.266 e. The summed E-state index contributed by atoms with van der Waals surface area (Å²) in [4.78, 5) is 31.3. The van der Waals surface area contributed by atoms with E-state index in [2.05, 4.69) is 10.3 Å². The van der Waals surface area contributed by atoms with E-state index in [0.717, 1.165) is 22.6 Å². The largest absolute Gasteiger partial charge is 0.492 e. The third-order valence-corrected chi connectivity index (χ3v) is 6.34. The molecule has 0 bridgehead atoms. The van der Waals surface area contributed by atoms with Crippen molar-refractivity contribution in [1.82, 2.24) is 9.55 Å². The summed E-state index contributed by atoms with van der Waals surface area (Å²) in [6.45, 7) is 6.46. The molecule has 2 aromatic heterocycles. The first kappa shape index (κ1) is 20.8. The number of anilines is 1. The molecule has 0 aliphatic rings. The fourth-order valence-electron chi connectivity index (χ4n) is 3.32. The van der Waals surface area contributed by atoms with Crippen molar-refractivity contribution in [2.45, 2.75) is 27.3 Å². The smallest absolute Gasteiger partial charge is 0.266 e. The summed E-state index contributed by atoms with van der Waals surface area (Å²) in [5.74, 6) is 0.526. The van der Waals surface area contributed by atoms with Crippen LogP contribution in [0, 0.1) is 20.8 Å². The Morgan fingerprint density at radius 1 is 1.10 bits per heavy atom. The molecule has 0 aliphatic heterocycles. The molecule has 4 rings (SSSR count). The van der Waals surface area contributed by atoms with Crippen LogP contribution in [0.25, 0.3) is 10.2 Å². The average Bonchev–Trinajstić information content (AvgIpc) is 3.10. The Morgan fingerprint density at radius 2 is 1.84 bits per heavy atom. The van der Waals surface area contributed by atoms with Gasteiger partial charge in [0.25, 0.3) is 11.5 Å². The highest BCUT2D eigenvalue weighted by Crippen LogP contribution is 2.28. The summed E-state index contributed by atoms with van der Waals surface area (Å²) in [5.41, 5.74) is 3.37. The molecule has 0 saturated carbocycles.